The number of aliphatic hydroxyl groups is 1. The summed E-state index contributed by atoms with van der Waals surface area (Å²) < 4.78 is 9.61. The van der Waals surface area contributed by atoms with Gasteiger partial charge in [-0.05, 0) is 13.8 Å². The minimum Gasteiger partial charge on any atom is -0.465 e. The second kappa shape index (κ2) is 5.78. The summed E-state index contributed by atoms with van der Waals surface area (Å²) in [5, 5.41) is 9.87. The first-order valence-electron chi connectivity index (χ1n) is 4.50. The lowest BCUT2D eigenvalue weighted by Gasteiger charge is -2.28. The normalized spacial score (nSPS) is 16.9. The third kappa shape index (κ3) is 3.47. The maximum absolute atomic E-state index is 11.4. The van der Waals surface area contributed by atoms with Crippen LogP contribution in [0.4, 0.5) is 0 Å². The zero-order valence-corrected chi connectivity index (χ0v) is 8.95. The number of carbonyl (C=O) groups is 1. The molecule has 0 unspecified atom stereocenters. The van der Waals surface area contributed by atoms with Gasteiger partial charge in [0.05, 0.1) is 13.2 Å². The molecule has 0 saturated heterocycles. The first-order valence-corrected chi connectivity index (χ1v) is 4.50. The molecule has 0 aliphatic rings. The van der Waals surface area contributed by atoms with Gasteiger partial charge in [-0.2, -0.15) is 0 Å². The van der Waals surface area contributed by atoms with Crippen molar-refractivity contribution in [3.8, 4) is 0 Å². The molecule has 4 heteroatoms. The Balaban J connectivity index is 4.52. The molecule has 0 aromatic heterocycles. The Labute approximate surface area is 84.5 Å². The SMILES string of the molecule is C=C[C@H](C(=O)OCC)[C@@](C)(O)COC. The molecule has 0 radical (unpaired) electrons. The summed E-state index contributed by atoms with van der Waals surface area (Å²) in [5.41, 5.74) is -1.28. The molecule has 0 spiro atoms. The Morgan fingerprint density at radius 2 is 2.29 bits per heavy atom. The standard InChI is InChI=1S/C10H18O4/c1-5-8(9(11)14-6-2)10(3,12)7-13-4/h5,8,12H,1,6-7H2,2-4H3/t8-,10+/m1/s1. The Hall–Kier alpha value is -0.870. The molecule has 0 rings (SSSR count). The average Bonchev–Trinajstić information content (AvgIpc) is 2.04. The molecule has 4 nitrogen and oxygen atoms in total. The highest BCUT2D eigenvalue weighted by molar-refractivity contribution is 5.75. The Morgan fingerprint density at radius 1 is 1.71 bits per heavy atom. The average molecular weight is 202 g/mol. The lowest BCUT2D eigenvalue weighted by molar-refractivity contribution is -0.156. The minimum atomic E-state index is -1.28. The molecular weight excluding hydrogens is 184 g/mol. The van der Waals surface area contributed by atoms with E-state index in [0.717, 1.165) is 0 Å². The summed E-state index contributed by atoms with van der Waals surface area (Å²) >= 11 is 0. The molecule has 0 heterocycles. The maximum Gasteiger partial charge on any atom is 0.315 e. The van der Waals surface area contributed by atoms with Gasteiger partial charge in [0.1, 0.15) is 11.5 Å². The molecule has 0 fully saturated rings. The van der Waals surface area contributed by atoms with Crippen molar-refractivity contribution >= 4 is 5.97 Å². The predicted octanol–water partition coefficient (Wildman–Crippen LogP) is 0.749. The van der Waals surface area contributed by atoms with E-state index in [0.29, 0.717) is 0 Å². The van der Waals surface area contributed by atoms with E-state index >= 15 is 0 Å². The highest BCUT2D eigenvalue weighted by atomic mass is 16.5. The summed E-state index contributed by atoms with van der Waals surface area (Å²) in [6.45, 7) is 7.06. The lowest BCUT2D eigenvalue weighted by Crippen LogP contribution is -2.43. The molecule has 0 aromatic carbocycles. The van der Waals surface area contributed by atoms with Crippen LogP contribution in [-0.4, -0.2) is 37.0 Å². The van der Waals surface area contributed by atoms with Gasteiger partial charge >= 0.3 is 5.97 Å². The smallest absolute Gasteiger partial charge is 0.315 e. The largest absolute Gasteiger partial charge is 0.465 e. The van der Waals surface area contributed by atoms with E-state index < -0.39 is 17.5 Å². The second-order valence-electron chi connectivity index (χ2n) is 3.26. The van der Waals surface area contributed by atoms with Crippen molar-refractivity contribution in [3.63, 3.8) is 0 Å². The molecule has 0 aliphatic heterocycles. The van der Waals surface area contributed by atoms with Crippen molar-refractivity contribution in [1.82, 2.24) is 0 Å². The van der Waals surface area contributed by atoms with Crippen LogP contribution in [-0.2, 0) is 14.3 Å². The van der Waals surface area contributed by atoms with Gasteiger partial charge in [0.25, 0.3) is 0 Å². The van der Waals surface area contributed by atoms with Gasteiger partial charge in [0, 0.05) is 7.11 Å². The van der Waals surface area contributed by atoms with Crippen molar-refractivity contribution in [2.75, 3.05) is 20.3 Å². The Kier molecular flexibility index (Phi) is 5.42. The van der Waals surface area contributed by atoms with Gasteiger partial charge in [-0.3, -0.25) is 4.79 Å². The summed E-state index contributed by atoms with van der Waals surface area (Å²) in [5.74, 6) is -1.24. The van der Waals surface area contributed by atoms with Crippen molar-refractivity contribution in [2.45, 2.75) is 19.4 Å². The van der Waals surface area contributed by atoms with Gasteiger partial charge in [0.2, 0.25) is 0 Å². The quantitative estimate of drug-likeness (QED) is 0.510. The summed E-state index contributed by atoms with van der Waals surface area (Å²) in [7, 11) is 1.46. The van der Waals surface area contributed by atoms with Gasteiger partial charge in [0.15, 0.2) is 0 Å². The van der Waals surface area contributed by atoms with Crippen LogP contribution in [0, 0.1) is 5.92 Å². The van der Waals surface area contributed by atoms with Crippen LogP contribution in [0.2, 0.25) is 0 Å². The zero-order valence-electron chi connectivity index (χ0n) is 8.95. The first-order chi connectivity index (χ1) is 6.49. The fourth-order valence-electron chi connectivity index (χ4n) is 1.22. The molecule has 14 heavy (non-hydrogen) atoms. The molecule has 0 aromatic rings. The number of esters is 1. The number of carbonyl (C=O) groups excluding carboxylic acids is 1. The fourth-order valence-corrected chi connectivity index (χ4v) is 1.22. The summed E-state index contributed by atoms with van der Waals surface area (Å²) in [4.78, 5) is 11.4. The molecular formula is C10H18O4. The van der Waals surface area contributed by atoms with Crippen LogP contribution in [0.25, 0.3) is 0 Å². The van der Waals surface area contributed by atoms with Crippen molar-refractivity contribution in [2.24, 2.45) is 5.92 Å². The molecule has 1 N–H and O–H groups in total. The molecule has 0 bridgehead atoms. The van der Waals surface area contributed by atoms with Crippen molar-refractivity contribution < 1.29 is 19.4 Å². The van der Waals surface area contributed by atoms with Crippen LogP contribution in [0.5, 0.6) is 0 Å². The second-order valence-corrected chi connectivity index (χ2v) is 3.26. The minimum absolute atomic E-state index is 0.0580. The molecule has 82 valence electrons. The molecule has 0 saturated carbocycles. The fraction of sp³-hybridized carbons (Fsp3) is 0.700. The number of ether oxygens (including phenoxy) is 2. The molecule has 0 aliphatic carbocycles. The Bertz CT molecular complexity index is 198. The van der Waals surface area contributed by atoms with Crippen molar-refractivity contribution in [1.29, 1.82) is 0 Å². The van der Waals surface area contributed by atoms with E-state index in [-0.39, 0.29) is 13.2 Å². The number of hydrogen-bond acceptors (Lipinski definition) is 4. The third-order valence-corrected chi connectivity index (χ3v) is 1.88. The summed E-state index contributed by atoms with van der Waals surface area (Å²) in [6.07, 6.45) is 1.37. The van der Waals surface area contributed by atoms with Crippen LogP contribution in [0.3, 0.4) is 0 Å². The topological polar surface area (TPSA) is 55.8 Å². The highest BCUT2D eigenvalue weighted by Gasteiger charge is 2.36. The van der Waals surface area contributed by atoms with Gasteiger partial charge in [-0.1, -0.05) is 6.08 Å². The van der Waals surface area contributed by atoms with E-state index in [1.807, 2.05) is 0 Å². The van der Waals surface area contributed by atoms with E-state index in [1.165, 1.54) is 20.1 Å². The van der Waals surface area contributed by atoms with Gasteiger partial charge < -0.3 is 14.6 Å². The zero-order chi connectivity index (χ0) is 11.2. The Morgan fingerprint density at radius 3 is 2.64 bits per heavy atom. The summed E-state index contributed by atoms with van der Waals surface area (Å²) in [6, 6.07) is 0. The molecule has 2 atom stereocenters. The third-order valence-electron chi connectivity index (χ3n) is 1.88. The lowest BCUT2D eigenvalue weighted by atomic mass is 9.90. The predicted molar refractivity (Wildman–Crippen MR) is 52.8 cm³/mol. The number of hydrogen-bond donors (Lipinski definition) is 1. The van der Waals surface area contributed by atoms with Crippen LogP contribution in [0.15, 0.2) is 12.7 Å². The van der Waals surface area contributed by atoms with Crippen LogP contribution in [0.1, 0.15) is 13.8 Å². The number of rotatable bonds is 6. The van der Waals surface area contributed by atoms with Gasteiger partial charge in [-0.25, -0.2) is 0 Å². The first kappa shape index (κ1) is 13.1. The monoisotopic (exact) mass is 202 g/mol. The van der Waals surface area contributed by atoms with E-state index in [1.54, 1.807) is 6.92 Å². The van der Waals surface area contributed by atoms with E-state index in [2.05, 4.69) is 6.58 Å². The van der Waals surface area contributed by atoms with Crippen LogP contribution < -0.4 is 0 Å². The van der Waals surface area contributed by atoms with Crippen molar-refractivity contribution in [3.05, 3.63) is 12.7 Å². The van der Waals surface area contributed by atoms with E-state index in [9.17, 15) is 9.90 Å². The maximum atomic E-state index is 11.4. The molecule has 0 amide bonds. The highest BCUT2D eigenvalue weighted by Crippen LogP contribution is 2.20. The van der Waals surface area contributed by atoms with Crippen LogP contribution >= 0.6 is 0 Å². The number of methoxy groups -OCH3 is 1. The van der Waals surface area contributed by atoms with Gasteiger partial charge in [-0.15, -0.1) is 6.58 Å². The van der Waals surface area contributed by atoms with E-state index in [4.69, 9.17) is 9.47 Å².